The van der Waals surface area contributed by atoms with E-state index in [0.717, 1.165) is 0 Å². The summed E-state index contributed by atoms with van der Waals surface area (Å²) in [4.78, 5) is 25.2. The van der Waals surface area contributed by atoms with Gasteiger partial charge in [0.1, 0.15) is 11.6 Å². The smallest absolute Gasteiger partial charge is 0.346 e. The number of benzene rings is 2. The summed E-state index contributed by atoms with van der Waals surface area (Å²) in [6.45, 7) is -0.156. The number of rotatable bonds is 3. The van der Waals surface area contributed by atoms with Crippen LogP contribution in [0.3, 0.4) is 0 Å². The molecule has 0 bridgehead atoms. The lowest BCUT2D eigenvalue weighted by atomic mass is 10.1. The molecule has 1 N–H and O–H groups in total. The van der Waals surface area contributed by atoms with Gasteiger partial charge in [0.25, 0.3) is 0 Å². The van der Waals surface area contributed by atoms with Crippen LogP contribution in [0.4, 0.5) is 10.1 Å². The average molecular weight is 350 g/mol. The zero-order chi connectivity index (χ0) is 17.3. The highest BCUT2D eigenvalue weighted by atomic mass is 35.5. The summed E-state index contributed by atoms with van der Waals surface area (Å²) in [7, 11) is 0. The zero-order valence-electron chi connectivity index (χ0n) is 12.4. The van der Waals surface area contributed by atoms with E-state index in [9.17, 15) is 19.1 Å². The van der Waals surface area contributed by atoms with E-state index >= 15 is 0 Å². The van der Waals surface area contributed by atoms with Gasteiger partial charge in [0.2, 0.25) is 12.0 Å². The molecule has 0 aliphatic carbocycles. The van der Waals surface area contributed by atoms with Crippen LogP contribution in [0.15, 0.2) is 42.5 Å². The number of para-hydroxylation sites is 2. The van der Waals surface area contributed by atoms with Crippen molar-refractivity contribution in [1.29, 1.82) is 0 Å². The largest absolute Gasteiger partial charge is 0.478 e. The first-order valence-electron chi connectivity index (χ1n) is 7.19. The molecule has 0 radical (unpaired) electrons. The van der Waals surface area contributed by atoms with E-state index in [1.54, 1.807) is 24.3 Å². The molecule has 1 heterocycles. The fourth-order valence-electron chi connectivity index (χ4n) is 2.55. The number of nitrogens with zero attached hydrogens (tertiary/aromatic N) is 1. The number of carboxylic acid groups (broad SMARTS) is 1. The molecule has 1 atom stereocenters. The Hall–Kier alpha value is -2.60. The molecule has 0 unspecified atom stereocenters. The predicted octanol–water partition coefficient (Wildman–Crippen LogP) is 2.90. The first kappa shape index (κ1) is 16.3. The number of carbonyl (C=O) groups is 2. The molecule has 3 rings (SSSR count). The van der Waals surface area contributed by atoms with Gasteiger partial charge in [0.05, 0.1) is 18.7 Å². The van der Waals surface area contributed by atoms with Gasteiger partial charge < -0.3 is 14.7 Å². The lowest BCUT2D eigenvalue weighted by Crippen LogP contribution is -2.47. The van der Waals surface area contributed by atoms with Crippen LogP contribution in [0.25, 0.3) is 0 Å². The molecule has 0 saturated heterocycles. The number of carbonyl (C=O) groups excluding carboxylic acids is 1. The quantitative estimate of drug-likeness (QED) is 0.925. The summed E-state index contributed by atoms with van der Waals surface area (Å²) in [5.74, 6) is -1.91. The second kappa shape index (κ2) is 6.49. The monoisotopic (exact) mass is 349 g/mol. The van der Waals surface area contributed by atoms with E-state index in [4.69, 9.17) is 16.3 Å². The first-order chi connectivity index (χ1) is 11.5. The average Bonchev–Trinajstić information content (AvgIpc) is 2.57. The minimum absolute atomic E-state index is 0.0833. The first-order valence-corrected chi connectivity index (χ1v) is 7.57. The van der Waals surface area contributed by atoms with Gasteiger partial charge in [-0.1, -0.05) is 29.8 Å². The van der Waals surface area contributed by atoms with Crippen molar-refractivity contribution in [2.24, 2.45) is 0 Å². The molecule has 0 spiro atoms. The predicted molar refractivity (Wildman–Crippen MR) is 86.0 cm³/mol. The number of carboxylic acids is 1. The Morgan fingerprint density at radius 2 is 2.00 bits per heavy atom. The summed E-state index contributed by atoms with van der Waals surface area (Å²) in [6.07, 6.45) is -1.45. The summed E-state index contributed by atoms with van der Waals surface area (Å²) >= 11 is 5.96. The van der Waals surface area contributed by atoms with Gasteiger partial charge in [0, 0.05) is 10.6 Å². The molecule has 2 aromatic rings. The van der Waals surface area contributed by atoms with Crippen LogP contribution in [-0.4, -0.2) is 29.6 Å². The third kappa shape index (κ3) is 3.05. The van der Waals surface area contributed by atoms with E-state index < -0.39 is 23.8 Å². The normalized spacial score (nSPS) is 16.2. The Morgan fingerprint density at radius 1 is 1.25 bits per heavy atom. The van der Waals surface area contributed by atoms with Gasteiger partial charge in [-0.25, -0.2) is 9.18 Å². The third-order valence-corrected chi connectivity index (χ3v) is 4.09. The number of anilines is 1. The molecule has 2 aromatic carbocycles. The summed E-state index contributed by atoms with van der Waals surface area (Å²) in [6, 6.07) is 10.8. The minimum Gasteiger partial charge on any atom is -0.478 e. The van der Waals surface area contributed by atoms with Crippen molar-refractivity contribution in [2.45, 2.75) is 12.5 Å². The summed E-state index contributed by atoms with van der Waals surface area (Å²) in [5, 5.41) is 9.35. The molecule has 0 fully saturated rings. The highest BCUT2D eigenvalue weighted by Crippen LogP contribution is 2.34. The van der Waals surface area contributed by atoms with Gasteiger partial charge in [-0.05, 0) is 24.3 Å². The van der Waals surface area contributed by atoms with Gasteiger partial charge in [0.15, 0.2) is 0 Å². The van der Waals surface area contributed by atoms with Crippen LogP contribution < -0.4 is 9.64 Å². The summed E-state index contributed by atoms with van der Waals surface area (Å²) in [5.41, 5.74) is 0.535. The van der Waals surface area contributed by atoms with Crippen LogP contribution in [0, 0.1) is 5.82 Å². The lowest BCUT2D eigenvalue weighted by Gasteiger charge is -2.33. The molecule has 0 aromatic heterocycles. The van der Waals surface area contributed by atoms with E-state index in [2.05, 4.69) is 0 Å². The molecular weight excluding hydrogens is 337 g/mol. The van der Waals surface area contributed by atoms with Gasteiger partial charge in [-0.2, -0.15) is 0 Å². The molecule has 1 amide bonds. The molecule has 1 aliphatic rings. The van der Waals surface area contributed by atoms with Crippen molar-refractivity contribution in [3.8, 4) is 5.75 Å². The Kier molecular flexibility index (Phi) is 4.40. The third-order valence-electron chi connectivity index (χ3n) is 3.74. The number of ether oxygens (including phenoxy) is 1. The standard InChI is InChI=1S/C17H13ClFNO4/c18-11-4-3-5-12(19)10(11)8-16(21)20-9-15(17(22)23)24-14-7-2-1-6-13(14)20/h1-7,15H,8-9H2,(H,22,23)/t15-/m0/s1. The number of hydrogen-bond donors (Lipinski definition) is 1. The molecule has 0 saturated carbocycles. The van der Waals surface area contributed by atoms with Crippen LogP contribution >= 0.6 is 11.6 Å². The van der Waals surface area contributed by atoms with Crippen molar-refractivity contribution in [3.05, 3.63) is 58.9 Å². The van der Waals surface area contributed by atoms with E-state index in [1.807, 2.05) is 0 Å². The number of aliphatic carboxylic acids is 1. The zero-order valence-corrected chi connectivity index (χ0v) is 13.2. The van der Waals surface area contributed by atoms with Gasteiger partial charge in [-0.3, -0.25) is 4.79 Å². The van der Waals surface area contributed by atoms with Gasteiger partial charge >= 0.3 is 5.97 Å². The number of halogens is 2. The SMILES string of the molecule is O=C(O)[C@@H]1CN(C(=O)Cc2c(F)cccc2Cl)c2ccccc2O1. The van der Waals surface area contributed by atoms with Crippen molar-refractivity contribution >= 4 is 29.2 Å². The molecule has 24 heavy (non-hydrogen) atoms. The molecule has 7 heteroatoms. The van der Waals surface area contributed by atoms with Crippen LogP contribution in [0.1, 0.15) is 5.56 Å². The minimum atomic E-state index is -1.18. The van der Waals surface area contributed by atoms with E-state index in [-0.39, 0.29) is 23.6 Å². The maximum atomic E-state index is 13.9. The number of amides is 1. The number of hydrogen-bond acceptors (Lipinski definition) is 3. The number of fused-ring (bicyclic) bond motifs is 1. The Morgan fingerprint density at radius 3 is 2.71 bits per heavy atom. The highest BCUT2D eigenvalue weighted by molar-refractivity contribution is 6.31. The summed E-state index contributed by atoms with van der Waals surface area (Å²) < 4.78 is 19.3. The molecule has 5 nitrogen and oxygen atoms in total. The van der Waals surface area contributed by atoms with Crippen molar-refractivity contribution in [1.82, 2.24) is 0 Å². The fourth-order valence-corrected chi connectivity index (χ4v) is 2.78. The Bertz CT molecular complexity index is 791. The van der Waals surface area contributed by atoms with Crippen LogP contribution in [0.2, 0.25) is 5.02 Å². The molecule has 1 aliphatic heterocycles. The van der Waals surface area contributed by atoms with Gasteiger partial charge in [-0.15, -0.1) is 0 Å². The van der Waals surface area contributed by atoms with Crippen LogP contribution in [0.5, 0.6) is 5.75 Å². The van der Waals surface area contributed by atoms with Crippen molar-refractivity contribution < 1.29 is 23.8 Å². The second-order valence-electron chi connectivity index (χ2n) is 5.29. The maximum absolute atomic E-state index is 13.9. The topological polar surface area (TPSA) is 66.8 Å². The maximum Gasteiger partial charge on any atom is 0.346 e. The highest BCUT2D eigenvalue weighted by Gasteiger charge is 2.33. The van der Waals surface area contributed by atoms with E-state index in [0.29, 0.717) is 11.4 Å². The second-order valence-corrected chi connectivity index (χ2v) is 5.70. The van der Waals surface area contributed by atoms with Crippen molar-refractivity contribution in [3.63, 3.8) is 0 Å². The van der Waals surface area contributed by atoms with Crippen LogP contribution in [-0.2, 0) is 16.0 Å². The Balaban J connectivity index is 1.92. The molecule has 124 valence electrons. The molecular formula is C17H13ClFNO4. The van der Waals surface area contributed by atoms with E-state index in [1.165, 1.54) is 23.1 Å². The lowest BCUT2D eigenvalue weighted by molar-refractivity contribution is -0.145. The van der Waals surface area contributed by atoms with Crippen molar-refractivity contribution in [2.75, 3.05) is 11.4 Å². The fraction of sp³-hybridized carbons (Fsp3) is 0.176. The Labute approximate surface area is 142 Å².